The smallest absolute Gasteiger partial charge is 0.159 e. The third kappa shape index (κ3) is 2.32. The Kier molecular flexibility index (Phi) is 3.53. The second-order valence-electron chi connectivity index (χ2n) is 6.94. The van der Waals surface area contributed by atoms with Gasteiger partial charge >= 0.3 is 0 Å². The monoisotopic (exact) mass is 336 g/mol. The zero-order valence-corrected chi connectivity index (χ0v) is 14.6. The van der Waals surface area contributed by atoms with Crippen molar-refractivity contribution < 1.29 is 4.74 Å². The zero-order chi connectivity index (χ0) is 17.4. The van der Waals surface area contributed by atoms with Crippen molar-refractivity contribution in [1.29, 1.82) is 0 Å². The summed E-state index contributed by atoms with van der Waals surface area (Å²) in [6, 6.07) is 34.2. The highest BCUT2D eigenvalue weighted by Crippen LogP contribution is 2.46. The van der Waals surface area contributed by atoms with Crippen LogP contribution in [0.1, 0.15) is 23.1 Å². The molecule has 0 fully saturated rings. The number of benzene rings is 4. The first kappa shape index (κ1) is 15.2. The molecule has 0 aliphatic carbocycles. The maximum atomic E-state index is 6.90. The molecule has 0 atom stereocenters. The molecule has 4 aromatic rings. The van der Waals surface area contributed by atoms with Gasteiger partial charge < -0.3 is 4.74 Å². The fraction of sp³-hybridized carbons (Fsp3) is 0.120. The van der Waals surface area contributed by atoms with Crippen LogP contribution in [0.4, 0.5) is 0 Å². The highest BCUT2D eigenvalue weighted by molar-refractivity contribution is 5.90. The van der Waals surface area contributed by atoms with E-state index in [1.54, 1.807) is 0 Å². The van der Waals surface area contributed by atoms with Crippen molar-refractivity contribution in [1.82, 2.24) is 0 Å². The molecule has 1 heterocycles. The first-order chi connectivity index (χ1) is 12.9. The van der Waals surface area contributed by atoms with E-state index in [1.807, 2.05) is 0 Å². The Balaban J connectivity index is 1.75. The molecule has 0 bridgehead atoms. The molecule has 1 heteroatoms. The Morgan fingerprint density at radius 3 is 1.92 bits per heavy atom. The van der Waals surface area contributed by atoms with Crippen molar-refractivity contribution in [2.45, 2.75) is 18.4 Å². The van der Waals surface area contributed by atoms with Crippen LogP contribution in [-0.2, 0) is 12.0 Å². The summed E-state index contributed by atoms with van der Waals surface area (Å²) in [5.41, 5.74) is 3.28. The number of fused-ring (bicyclic) bond motifs is 3. The van der Waals surface area contributed by atoms with Crippen molar-refractivity contribution in [3.63, 3.8) is 0 Å². The van der Waals surface area contributed by atoms with E-state index >= 15 is 0 Å². The average molecular weight is 336 g/mol. The topological polar surface area (TPSA) is 9.23 Å². The summed E-state index contributed by atoms with van der Waals surface area (Å²) in [7, 11) is 0. The van der Waals surface area contributed by atoms with E-state index in [2.05, 4.69) is 97.1 Å². The average Bonchev–Trinajstić information content (AvgIpc) is 2.74. The molecule has 4 aromatic carbocycles. The van der Waals surface area contributed by atoms with Crippen LogP contribution in [0.15, 0.2) is 97.1 Å². The molecule has 0 amide bonds. The second-order valence-corrected chi connectivity index (χ2v) is 6.94. The Labute approximate surface area is 153 Å². The lowest BCUT2D eigenvalue weighted by atomic mass is 9.79. The van der Waals surface area contributed by atoms with Gasteiger partial charge in [-0.15, -0.1) is 0 Å². The van der Waals surface area contributed by atoms with E-state index in [0.29, 0.717) is 0 Å². The number of hydrogen-bond donors (Lipinski definition) is 0. The van der Waals surface area contributed by atoms with E-state index in [0.717, 1.165) is 18.6 Å². The van der Waals surface area contributed by atoms with Crippen molar-refractivity contribution in [3.05, 3.63) is 114 Å². The molecule has 0 spiro atoms. The molecule has 0 radical (unpaired) electrons. The van der Waals surface area contributed by atoms with Crippen LogP contribution in [-0.4, -0.2) is 0 Å². The minimum absolute atomic E-state index is 0.445. The molecular formula is C25H20O. The van der Waals surface area contributed by atoms with Gasteiger partial charge in [0.15, 0.2) is 5.60 Å². The maximum absolute atomic E-state index is 6.90. The van der Waals surface area contributed by atoms with E-state index in [4.69, 9.17) is 4.74 Å². The van der Waals surface area contributed by atoms with Gasteiger partial charge in [0.25, 0.3) is 0 Å². The largest absolute Gasteiger partial charge is 0.477 e. The van der Waals surface area contributed by atoms with Crippen molar-refractivity contribution in [3.8, 4) is 5.75 Å². The normalized spacial score (nSPS) is 15.2. The molecule has 0 unspecified atom stereocenters. The van der Waals surface area contributed by atoms with Crippen LogP contribution in [0, 0.1) is 0 Å². The van der Waals surface area contributed by atoms with Gasteiger partial charge in [-0.25, -0.2) is 0 Å². The summed E-state index contributed by atoms with van der Waals surface area (Å²) in [4.78, 5) is 0. The second kappa shape index (κ2) is 6.03. The first-order valence-corrected chi connectivity index (χ1v) is 9.17. The third-order valence-corrected chi connectivity index (χ3v) is 5.46. The highest BCUT2D eigenvalue weighted by Gasteiger charge is 2.40. The fourth-order valence-corrected chi connectivity index (χ4v) is 4.13. The third-order valence-electron chi connectivity index (χ3n) is 5.46. The maximum Gasteiger partial charge on any atom is 0.159 e. The van der Waals surface area contributed by atoms with Gasteiger partial charge in [-0.3, -0.25) is 0 Å². The highest BCUT2D eigenvalue weighted by atomic mass is 16.5. The molecule has 0 saturated heterocycles. The molecule has 1 nitrogen and oxygen atoms in total. The summed E-state index contributed by atoms with van der Waals surface area (Å²) in [5.74, 6) is 1.03. The van der Waals surface area contributed by atoms with Crippen molar-refractivity contribution in [2.24, 2.45) is 0 Å². The van der Waals surface area contributed by atoms with Crippen molar-refractivity contribution in [2.75, 3.05) is 0 Å². The van der Waals surface area contributed by atoms with Crippen LogP contribution >= 0.6 is 0 Å². The summed E-state index contributed by atoms with van der Waals surface area (Å²) in [6.07, 6.45) is 1.94. The van der Waals surface area contributed by atoms with Gasteiger partial charge in [0, 0.05) is 5.39 Å². The Morgan fingerprint density at radius 2 is 1.23 bits per heavy atom. The standard InChI is InChI=1S/C25H20O/c1-3-10-21(11-4-1)25(22-12-5-2-6-13-22)18-17-20-16-15-19-9-7-8-14-23(19)24(20)26-25/h1-16H,17-18H2. The molecule has 0 aromatic heterocycles. The van der Waals surface area contributed by atoms with Crippen LogP contribution in [0.2, 0.25) is 0 Å². The fourth-order valence-electron chi connectivity index (χ4n) is 4.13. The summed E-state index contributed by atoms with van der Waals surface area (Å²) in [5, 5.41) is 2.42. The van der Waals surface area contributed by atoms with Gasteiger partial charge in [0.05, 0.1) is 0 Å². The van der Waals surface area contributed by atoms with Crippen LogP contribution in [0.25, 0.3) is 10.8 Å². The lowest BCUT2D eigenvalue weighted by Crippen LogP contribution is -2.38. The molecular weight excluding hydrogens is 316 g/mol. The SMILES string of the molecule is c1ccc(C2(c3ccccc3)CCc3ccc4ccccc4c3O2)cc1. The van der Waals surface area contributed by atoms with Gasteiger partial charge in [0.1, 0.15) is 5.75 Å². The molecule has 26 heavy (non-hydrogen) atoms. The lowest BCUT2D eigenvalue weighted by Gasteiger charge is -2.40. The van der Waals surface area contributed by atoms with Gasteiger partial charge in [0.2, 0.25) is 0 Å². The van der Waals surface area contributed by atoms with Crippen LogP contribution in [0.5, 0.6) is 5.75 Å². The summed E-state index contributed by atoms with van der Waals surface area (Å²) < 4.78 is 6.90. The molecule has 0 saturated carbocycles. The molecule has 1 aliphatic heterocycles. The molecule has 5 rings (SSSR count). The van der Waals surface area contributed by atoms with E-state index < -0.39 is 5.60 Å². The molecule has 0 N–H and O–H groups in total. The molecule has 126 valence electrons. The first-order valence-electron chi connectivity index (χ1n) is 9.17. The number of ether oxygens (including phenoxy) is 1. The summed E-state index contributed by atoms with van der Waals surface area (Å²) >= 11 is 0. The van der Waals surface area contributed by atoms with E-state index in [1.165, 1.54) is 27.5 Å². The Hall–Kier alpha value is -3.06. The predicted octanol–water partition coefficient (Wildman–Crippen LogP) is 6.11. The number of rotatable bonds is 2. The van der Waals surface area contributed by atoms with E-state index in [-0.39, 0.29) is 0 Å². The van der Waals surface area contributed by atoms with Gasteiger partial charge in [-0.1, -0.05) is 97.1 Å². The Morgan fingerprint density at radius 1 is 0.615 bits per heavy atom. The number of aryl methyl sites for hydroxylation is 1. The Bertz CT molecular complexity index is 1010. The number of hydrogen-bond acceptors (Lipinski definition) is 1. The van der Waals surface area contributed by atoms with Gasteiger partial charge in [-0.05, 0) is 34.9 Å². The van der Waals surface area contributed by atoms with Gasteiger partial charge in [-0.2, -0.15) is 0 Å². The lowest BCUT2D eigenvalue weighted by molar-refractivity contribution is 0.0872. The van der Waals surface area contributed by atoms with Crippen molar-refractivity contribution >= 4 is 10.8 Å². The quantitative estimate of drug-likeness (QED) is 0.429. The minimum Gasteiger partial charge on any atom is -0.477 e. The van der Waals surface area contributed by atoms with E-state index in [9.17, 15) is 0 Å². The van der Waals surface area contributed by atoms with Crippen LogP contribution in [0.3, 0.4) is 0 Å². The predicted molar refractivity (Wildman–Crippen MR) is 107 cm³/mol. The zero-order valence-electron chi connectivity index (χ0n) is 14.6. The minimum atomic E-state index is -0.445. The van der Waals surface area contributed by atoms with Crippen LogP contribution < -0.4 is 4.74 Å². The summed E-state index contributed by atoms with van der Waals surface area (Å²) in [6.45, 7) is 0. The molecule has 1 aliphatic rings.